The van der Waals surface area contributed by atoms with E-state index in [-0.39, 0.29) is 30.7 Å². The highest BCUT2D eigenvalue weighted by molar-refractivity contribution is 6.30. The van der Waals surface area contributed by atoms with E-state index in [1.807, 2.05) is 17.0 Å². The lowest BCUT2D eigenvalue weighted by Crippen LogP contribution is -2.32. The van der Waals surface area contributed by atoms with E-state index < -0.39 is 5.92 Å². The standard InChI is InChI=1S/C24H26ClN3O4/c25-19-5-3-17(4-6-19)14-26-24(31)18-13-22(29)28(15-18)20-7-9-21(10-8-20)32-16-23(30)27-11-1-2-12-27/h3-10,18H,1-2,11-16H2,(H,26,31)/t18-/m1/s1. The van der Waals surface area contributed by atoms with Crippen LogP contribution < -0.4 is 15.0 Å². The smallest absolute Gasteiger partial charge is 0.260 e. The average Bonchev–Trinajstić information content (AvgIpc) is 3.47. The molecule has 2 aromatic carbocycles. The Kier molecular flexibility index (Phi) is 6.95. The molecule has 2 aliphatic rings. The molecule has 0 radical (unpaired) electrons. The molecule has 0 aliphatic carbocycles. The minimum absolute atomic E-state index is 0.00579. The van der Waals surface area contributed by atoms with Crippen LogP contribution in [0.1, 0.15) is 24.8 Å². The van der Waals surface area contributed by atoms with Crippen molar-refractivity contribution in [2.45, 2.75) is 25.8 Å². The summed E-state index contributed by atoms with van der Waals surface area (Å²) in [7, 11) is 0. The Balaban J connectivity index is 1.28. The molecule has 0 saturated carbocycles. The van der Waals surface area contributed by atoms with Crippen molar-refractivity contribution >= 4 is 35.0 Å². The summed E-state index contributed by atoms with van der Waals surface area (Å²) < 4.78 is 5.60. The Hall–Kier alpha value is -3.06. The molecule has 2 aromatic rings. The van der Waals surface area contributed by atoms with E-state index in [9.17, 15) is 14.4 Å². The number of nitrogens with one attached hydrogen (secondary N) is 1. The quantitative estimate of drug-likeness (QED) is 0.696. The first kappa shape index (κ1) is 22.1. The fourth-order valence-electron chi connectivity index (χ4n) is 3.99. The molecule has 2 fully saturated rings. The molecule has 0 aromatic heterocycles. The lowest BCUT2D eigenvalue weighted by molar-refractivity contribution is -0.132. The van der Waals surface area contributed by atoms with Gasteiger partial charge in [0, 0.05) is 43.3 Å². The zero-order chi connectivity index (χ0) is 22.5. The van der Waals surface area contributed by atoms with Crippen LogP contribution in [-0.4, -0.2) is 48.9 Å². The molecule has 1 atom stereocenters. The molecule has 8 heteroatoms. The predicted octanol–water partition coefficient (Wildman–Crippen LogP) is 3.01. The third-order valence-corrected chi connectivity index (χ3v) is 6.10. The van der Waals surface area contributed by atoms with Gasteiger partial charge in [-0.1, -0.05) is 23.7 Å². The summed E-state index contributed by atoms with van der Waals surface area (Å²) in [6, 6.07) is 14.3. The molecule has 0 bridgehead atoms. The van der Waals surface area contributed by atoms with Crippen molar-refractivity contribution in [3.05, 3.63) is 59.1 Å². The van der Waals surface area contributed by atoms with Gasteiger partial charge in [-0.2, -0.15) is 0 Å². The maximum Gasteiger partial charge on any atom is 0.260 e. The third kappa shape index (κ3) is 5.40. The molecular formula is C24H26ClN3O4. The molecule has 2 aliphatic heterocycles. The molecule has 3 amide bonds. The molecule has 2 saturated heterocycles. The van der Waals surface area contributed by atoms with Gasteiger partial charge in [0.1, 0.15) is 5.75 Å². The maximum atomic E-state index is 12.5. The lowest BCUT2D eigenvalue weighted by Gasteiger charge is -2.18. The first-order chi connectivity index (χ1) is 15.5. The summed E-state index contributed by atoms with van der Waals surface area (Å²) in [6.07, 6.45) is 2.27. The van der Waals surface area contributed by atoms with Crippen molar-refractivity contribution in [3.8, 4) is 5.75 Å². The second kappa shape index (κ2) is 10.0. The van der Waals surface area contributed by atoms with E-state index in [1.54, 1.807) is 41.3 Å². The maximum absolute atomic E-state index is 12.5. The van der Waals surface area contributed by atoms with Crippen LogP contribution in [0.15, 0.2) is 48.5 Å². The van der Waals surface area contributed by atoms with E-state index >= 15 is 0 Å². The highest BCUT2D eigenvalue weighted by Crippen LogP contribution is 2.27. The molecular weight excluding hydrogens is 430 g/mol. The van der Waals surface area contributed by atoms with E-state index in [2.05, 4.69) is 5.32 Å². The summed E-state index contributed by atoms with van der Waals surface area (Å²) >= 11 is 5.88. The fourth-order valence-corrected chi connectivity index (χ4v) is 4.12. The first-order valence-corrected chi connectivity index (χ1v) is 11.2. The Bertz CT molecular complexity index is 972. The van der Waals surface area contributed by atoms with Crippen molar-refractivity contribution in [1.82, 2.24) is 10.2 Å². The lowest BCUT2D eigenvalue weighted by atomic mass is 10.1. The molecule has 2 heterocycles. The van der Waals surface area contributed by atoms with Crippen LogP contribution in [0.3, 0.4) is 0 Å². The van der Waals surface area contributed by atoms with Crippen LogP contribution in [0.2, 0.25) is 5.02 Å². The van der Waals surface area contributed by atoms with Gasteiger partial charge in [0.25, 0.3) is 5.91 Å². The van der Waals surface area contributed by atoms with Gasteiger partial charge in [-0.25, -0.2) is 0 Å². The summed E-state index contributed by atoms with van der Waals surface area (Å²) in [5.41, 5.74) is 1.66. The van der Waals surface area contributed by atoms with E-state index in [0.29, 0.717) is 29.5 Å². The van der Waals surface area contributed by atoms with Gasteiger partial charge in [-0.3, -0.25) is 14.4 Å². The normalized spacial score (nSPS) is 18.2. The first-order valence-electron chi connectivity index (χ1n) is 10.8. The van der Waals surface area contributed by atoms with Crippen molar-refractivity contribution < 1.29 is 19.1 Å². The number of hydrogen-bond acceptors (Lipinski definition) is 4. The molecule has 0 unspecified atom stereocenters. The monoisotopic (exact) mass is 455 g/mol. The van der Waals surface area contributed by atoms with Gasteiger partial charge < -0.3 is 19.9 Å². The third-order valence-electron chi connectivity index (χ3n) is 5.85. The van der Waals surface area contributed by atoms with Gasteiger partial charge in [-0.05, 0) is 54.8 Å². The number of ether oxygens (including phenoxy) is 1. The number of halogens is 1. The Morgan fingerprint density at radius 3 is 2.41 bits per heavy atom. The highest BCUT2D eigenvalue weighted by Gasteiger charge is 2.35. The second-order valence-electron chi connectivity index (χ2n) is 8.12. The molecule has 168 valence electrons. The average molecular weight is 456 g/mol. The number of likely N-dealkylation sites (tertiary alicyclic amines) is 1. The number of amides is 3. The van der Waals surface area contributed by atoms with Crippen molar-refractivity contribution in [2.75, 3.05) is 31.1 Å². The number of rotatable bonds is 7. The van der Waals surface area contributed by atoms with Crippen LogP contribution in [0.5, 0.6) is 5.75 Å². The number of carbonyl (C=O) groups excluding carboxylic acids is 3. The van der Waals surface area contributed by atoms with Crippen LogP contribution in [0, 0.1) is 5.92 Å². The van der Waals surface area contributed by atoms with Gasteiger partial charge in [0.15, 0.2) is 6.61 Å². The number of hydrogen-bond donors (Lipinski definition) is 1. The summed E-state index contributed by atoms with van der Waals surface area (Å²) in [4.78, 5) is 40.6. The molecule has 32 heavy (non-hydrogen) atoms. The number of nitrogens with zero attached hydrogens (tertiary/aromatic N) is 2. The second-order valence-corrected chi connectivity index (χ2v) is 8.56. The summed E-state index contributed by atoms with van der Waals surface area (Å²) in [5.74, 6) is -0.0616. The SMILES string of the molecule is O=C(NCc1ccc(Cl)cc1)[C@@H]1CC(=O)N(c2ccc(OCC(=O)N3CCCC3)cc2)C1. The van der Waals surface area contributed by atoms with Crippen LogP contribution in [-0.2, 0) is 20.9 Å². The van der Waals surface area contributed by atoms with Gasteiger partial charge in [-0.15, -0.1) is 0 Å². The topological polar surface area (TPSA) is 79.0 Å². The van der Waals surface area contributed by atoms with Crippen LogP contribution in [0.25, 0.3) is 0 Å². The zero-order valence-corrected chi connectivity index (χ0v) is 18.5. The van der Waals surface area contributed by atoms with Crippen molar-refractivity contribution in [1.29, 1.82) is 0 Å². The summed E-state index contributed by atoms with van der Waals surface area (Å²) in [6.45, 7) is 2.33. The fraction of sp³-hybridized carbons (Fsp3) is 0.375. The van der Waals surface area contributed by atoms with Gasteiger partial charge in [0.05, 0.1) is 5.92 Å². The van der Waals surface area contributed by atoms with Crippen LogP contribution in [0.4, 0.5) is 5.69 Å². The van der Waals surface area contributed by atoms with Crippen LogP contribution >= 0.6 is 11.6 Å². The molecule has 4 rings (SSSR count). The van der Waals surface area contributed by atoms with E-state index in [0.717, 1.165) is 31.5 Å². The van der Waals surface area contributed by atoms with E-state index in [1.165, 1.54) is 0 Å². The molecule has 1 N–H and O–H groups in total. The highest BCUT2D eigenvalue weighted by atomic mass is 35.5. The predicted molar refractivity (Wildman–Crippen MR) is 122 cm³/mol. The largest absolute Gasteiger partial charge is 0.484 e. The minimum atomic E-state index is -0.399. The van der Waals surface area contributed by atoms with E-state index in [4.69, 9.17) is 16.3 Å². The zero-order valence-electron chi connectivity index (χ0n) is 17.8. The Morgan fingerprint density at radius 1 is 1.03 bits per heavy atom. The number of carbonyl (C=O) groups is 3. The number of anilines is 1. The molecule has 0 spiro atoms. The van der Waals surface area contributed by atoms with Gasteiger partial charge in [0.2, 0.25) is 11.8 Å². The minimum Gasteiger partial charge on any atom is -0.484 e. The van der Waals surface area contributed by atoms with Crippen molar-refractivity contribution in [2.24, 2.45) is 5.92 Å². The van der Waals surface area contributed by atoms with Gasteiger partial charge >= 0.3 is 0 Å². The Morgan fingerprint density at radius 2 is 1.72 bits per heavy atom. The molecule has 7 nitrogen and oxygen atoms in total. The number of benzene rings is 2. The summed E-state index contributed by atoms with van der Waals surface area (Å²) in [5, 5.41) is 3.54. The Labute approximate surface area is 192 Å². The van der Waals surface area contributed by atoms with Crippen molar-refractivity contribution in [3.63, 3.8) is 0 Å².